The first-order chi connectivity index (χ1) is 12.5. The first kappa shape index (κ1) is 16.3. The van der Waals surface area contributed by atoms with Crippen LogP contribution < -0.4 is 10.6 Å². The molecule has 2 heterocycles. The molecule has 130 valence electrons. The normalized spacial score (nSPS) is 19.0. The van der Waals surface area contributed by atoms with Crippen molar-refractivity contribution >= 4 is 50.5 Å². The van der Waals surface area contributed by atoms with Crippen LogP contribution >= 0.6 is 15.9 Å². The number of ether oxygens (including phenoxy) is 1. The van der Waals surface area contributed by atoms with Gasteiger partial charge in [0.05, 0.1) is 29.6 Å². The van der Waals surface area contributed by atoms with Crippen LogP contribution in [0.1, 0.15) is 21.5 Å². The molecule has 0 atom stereocenters. The smallest absolute Gasteiger partial charge is 0.337 e. The molecule has 0 unspecified atom stereocenters. The first-order valence-corrected chi connectivity index (χ1v) is 8.40. The van der Waals surface area contributed by atoms with Gasteiger partial charge >= 0.3 is 5.97 Å². The molecule has 2 aromatic rings. The Morgan fingerprint density at radius 3 is 2.65 bits per heavy atom. The van der Waals surface area contributed by atoms with Gasteiger partial charge in [0.25, 0.3) is 5.91 Å². The summed E-state index contributed by atoms with van der Waals surface area (Å²) < 4.78 is 5.56. The van der Waals surface area contributed by atoms with Gasteiger partial charge in [-0.3, -0.25) is 4.79 Å². The van der Waals surface area contributed by atoms with Gasteiger partial charge in [0.2, 0.25) is 0 Å². The fourth-order valence-electron chi connectivity index (χ4n) is 3.10. The molecule has 4 rings (SSSR count). The lowest BCUT2D eigenvalue weighted by Crippen LogP contribution is -2.12. The van der Waals surface area contributed by atoms with Crippen LogP contribution in [0, 0.1) is 0 Å². The van der Waals surface area contributed by atoms with Gasteiger partial charge in [-0.25, -0.2) is 4.79 Å². The molecule has 8 heteroatoms. The number of oxime groups is 1. The van der Waals surface area contributed by atoms with Crippen molar-refractivity contribution in [3.05, 3.63) is 63.3 Å². The molecule has 0 aliphatic carbocycles. The lowest BCUT2D eigenvalue weighted by atomic mass is 10.0. The van der Waals surface area contributed by atoms with Crippen LogP contribution in [-0.2, 0) is 9.53 Å². The van der Waals surface area contributed by atoms with Crippen molar-refractivity contribution < 1.29 is 19.5 Å². The van der Waals surface area contributed by atoms with Crippen LogP contribution in [-0.4, -0.2) is 29.9 Å². The molecule has 0 saturated carbocycles. The summed E-state index contributed by atoms with van der Waals surface area (Å²) >= 11 is 3.37. The number of nitrogens with one attached hydrogen (secondary N) is 2. The molecule has 0 radical (unpaired) electrons. The summed E-state index contributed by atoms with van der Waals surface area (Å²) in [5, 5.41) is 18.8. The summed E-state index contributed by atoms with van der Waals surface area (Å²) in [6, 6.07) is 10.3. The SMILES string of the molecule is COC(=O)c1ccc2c(c1)C(=N/O)/C(=C1/C(=O)Nc3cc(Br)ccc31)N2. The minimum absolute atomic E-state index is 0.187. The van der Waals surface area contributed by atoms with Crippen LogP contribution in [0.4, 0.5) is 11.4 Å². The fourth-order valence-corrected chi connectivity index (χ4v) is 3.46. The molecule has 2 aromatic carbocycles. The number of allylic oxidation sites excluding steroid dienone is 1. The second-order valence-corrected chi connectivity index (χ2v) is 6.64. The van der Waals surface area contributed by atoms with Gasteiger partial charge in [0, 0.05) is 21.3 Å². The number of rotatable bonds is 1. The Labute approximate surface area is 156 Å². The molecule has 0 aromatic heterocycles. The highest BCUT2D eigenvalue weighted by atomic mass is 79.9. The lowest BCUT2D eigenvalue weighted by Gasteiger charge is -2.05. The van der Waals surface area contributed by atoms with E-state index in [0.29, 0.717) is 39.3 Å². The van der Waals surface area contributed by atoms with Crippen LogP contribution in [0.25, 0.3) is 5.57 Å². The fraction of sp³-hybridized carbons (Fsp3) is 0.0556. The Balaban J connectivity index is 1.88. The van der Waals surface area contributed by atoms with E-state index in [0.717, 1.165) is 4.47 Å². The number of halogens is 1. The summed E-state index contributed by atoms with van der Waals surface area (Å²) in [5.41, 5.74) is 3.76. The Morgan fingerprint density at radius 2 is 1.92 bits per heavy atom. The van der Waals surface area contributed by atoms with Crippen LogP contribution in [0.3, 0.4) is 0 Å². The van der Waals surface area contributed by atoms with Crippen LogP contribution in [0.15, 0.2) is 51.7 Å². The number of carbonyl (C=O) groups is 2. The van der Waals surface area contributed by atoms with E-state index >= 15 is 0 Å². The predicted octanol–water partition coefficient (Wildman–Crippen LogP) is 3.20. The van der Waals surface area contributed by atoms with E-state index in [1.54, 1.807) is 30.3 Å². The third kappa shape index (κ3) is 2.38. The van der Waals surface area contributed by atoms with Crippen molar-refractivity contribution in [3.63, 3.8) is 0 Å². The van der Waals surface area contributed by atoms with Gasteiger partial charge in [-0.05, 0) is 30.3 Å². The van der Waals surface area contributed by atoms with Gasteiger partial charge in [-0.2, -0.15) is 0 Å². The summed E-state index contributed by atoms with van der Waals surface area (Å²) in [7, 11) is 1.29. The zero-order valence-corrected chi connectivity index (χ0v) is 15.0. The standard InChI is InChI=1S/C18H12BrN3O4/c1-26-18(24)8-2-5-12-11(6-8)15(22-25)16(20-12)14-10-4-3-9(19)7-13(10)21-17(14)23/h2-7,20,25H,1H3,(H,21,23)/b16-14-,22-15-. The number of benzene rings is 2. The molecule has 2 aliphatic rings. The van der Waals surface area contributed by atoms with Gasteiger partial charge < -0.3 is 20.6 Å². The van der Waals surface area contributed by atoms with Gasteiger partial charge in [0.1, 0.15) is 5.71 Å². The average Bonchev–Trinajstić information content (AvgIpc) is 3.15. The number of hydrogen-bond acceptors (Lipinski definition) is 6. The molecule has 26 heavy (non-hydrogen) atoms. The Bertz CT molecular complexity index is 1040. The molecule has 0 bridgehead atoms. The van der Waals surface area contributed by atoms with Crippen molar-refractivity contribution in [1.29, 1.82) is 0 Å². The van der Waals surface area contributed by atoms with E-state index in [-0.39, 0.29) is 11.6 Å². The second-order valence-electron chi connectivity index (χ2n) is 5.72. The highest BCUT2D eigenvalue weighted by molar-refractivity contribution is 9.10. The van der Waals surface area contributed by atoms with E-state index in [2.05, 4.69) is 31.7 Å². The van der Waals surface area contributed by atoms with Gasteiger partial charge in [0.15, 0.2) is 0 Å². The molecule has 7 nitrogen and oxygen atoms in total. The highest BCUT2D eigenvalue weighted by Gasteiger charge is 2.34. The minimum Gasteiger partial charge on any atom is -0.465 e. The molecular weight excluding hydrogens is 402 g/mol. The lowest BCUT2D eigenvalue weighted by molar-refractivity contribution is -0.110. The predicted molar refractivity (Wildman–Crippen MR) is 99.4 cm³/mol. The number of anilines is 2. The van der Waals surface area contributed by atoms with Crippen molar-refractivity contribution in [3.8, 4) is 0 Å². The number of amides is 1. The molecule has 1 amide bonds. The third-order valence-electron chi connectivity index (χ3n) is 4.27. The maximum Gasteiger partial charge on any atom is 0.337 e. The number of nitrogens with zero attached hydrogens (tertiary/aromatic N) is 1. The molecule has 0 fully saturated rings. The van der Waals surface area contributed by atoms with Gasteiger partial charge in [-0.15, -0.1) is 0 Å². The van der Waals surface area contributed by atoms with E-state index in [9.17, 15) is 14.8 Å². The molecule has 0 spiro atoms. The number of fused-ring (bicyclic) bond motifs is 2. The minimum atomic E-state index is -0.500. The quantitative estimate of drug-likeness (QED) is 0.288. The zero-order valence-electron chi connectivity index (χ0n) is 13.5. The van der Waals surface area contributed by atoms with Crippen molar-refractivity contribution in [2.75, 3.05) is 17.7 Å². The molecule has 0 saturated heterocycles. The Hall–Kier alpha value is -3.13. The van der Waals surface area contributed by atoms with Crippen LogP contribution in [0.2, 0.25) is 0 Å². The monoisotopic (exact) mass is 413 g/mol. The van der Waals surface area contributed by atoms with Gasteiger partial charge in [-0.1, -0.05) is 27.2 Å². The molecule has 2 aliphatic heterocycles. The highest BCUT2D eigenvalue weighted by Crippen LogP contribution is 2.40. The topological polar surface area (TPSA) is 100 Å². The summed E-state index contributed by atoms with van der Waals surface area (Å²) in [6.07, 6.45) is 0. The summed E-state index contributed by atoms with van der Waals surface area (Å²) in [5.74, 6) is -0.803. The maximum atomic E-state index is 12.5. The van der Waals surface area contributed by atoms with Crippen LogP contribution in [0.5, 0.6) is 0 Å². The number of carbonyl (C=O) groups excluding carboxylic acids is 2. The van der Waals surface area contributed by atoms with Crippen molar-refractivity contribution in [2.45, 2.75) is 0 Å². The summed E-state index contributed by atoms with van der Waals surface area (Å²) in [6.45, 7) is 0. The third-order valence-corrected chi connectivity index (χ3v) is 4.76. The molecule has 3 N–H and O–H groups in total. The maximum absolute atomic E-state index is 12.5. The largest absolute Gasteiger partial charge is 0.465 e. The first-order valence-electron chi connectivity index (χ1n) is 7.61. The second kappa shape index (κ2) is 5.99. The van der Waals surface area contributed by atoms with E-state index in [1.165, 1.54) is 7.11 Å². The Kier molecular flexibility index (Phi) is 3.77. The van der Waals surface area contributed by atoms with Crippen molar-refractivity contribution in [2.24, 2.45) is 5.16 Å². The summed E-state index contributed by atoms with van der Waals surface area (Å²) in [4.78, 5) is 24.3. The van der Waals surface area contributed by atoms with E-state index in [4.69, 9.17) is 4.74 Å². The van der Waals surface area contributed by atoms with E-state index in [1.807, 2.05) is 6.07 Å². The van der Waals surface area contributed by atoms with E-state index < -0.39 is 5.97 Å². The average molecular weight is 414 g/mol. The number of esters is 1. The number of methoxy groups -OCH3 is 1. The Morgan fingerprint density at radius 1 is 1.12 bits per heavy atom. The molecular formula is C18H12BrN3O4. The number of hydrogen-bond donors (Lipinski definition) is 3. The zero-order chi connectivity index (χ0) is 18.4. The van der Waals surface area contributed by atoms with Crippen molar-refractivity contribution in [1.82, 2.24) is 0 Å².